The minimum atomic E-state index is -3.53. The number of aryl methyl sites for hydroxylation is 2. The van der Waals surface area contributed by atoms with Crippen molar-refractivity contribution in [3.05, 3.63) is 45.4 Å². The van der Waals surface area contributed by atoms with Gasteiger partial charge in [0.25, 0.3) is 0 Å². The maximum Gasteiger partial charge on any atom is 0.309 e. The van der Waals surface area contributed by atoms with Crippen molar-refractivity contribution < 1.29 is 18.3 Å². The van der Waals surface area contributed by atoms with Crippen LogP contribution in [0.25, 0.3) is 0 Å². The van der Waals surface area contributed by atoms with E-state index in [1.807, 2.05) is 6.07 Å². The Hall–Kier alpha value is -1.77. The predicted molar refractivity (Wildman–Crippen MR) is 90.8 cm³/mol. The molecule has 0 fully saturated rings. The molecule has 0 radical (unpaired) electrons. The first-order chi connectivity index (χ1) is 11.4. The summed E-state index contributed by atoms with van der Waals surface area (Å²) in [5.41, 5.74) is 2.86. The van der Waals surface area contributed by atoms with E-state index in [-0.39, 0.29) is 13.0 Å². The molecule has 1 aliphatic carbocycles. The van der Waals surface area contributed by atoms with Gasteiger partial charge in [-0.2, -0.15) is 0 Å². The molecule has 24 heavy (non-hydrogen) atoms. The molecule has 3 rings (SSSR count). The number of carbonyl (C=O) groups is 1. The average molecular weight is 366 g/mol. The smallest absolute Gasteiger partial charge is 0.309 e. The van der Waals surface area contributed by atoms with Crippen molar-refractivity contribution in [3.8, 4) is 0 Å². The Morgan fingerprint density at radius 2 is 2.08 bits per heavy atom. The number of nitrogens with zero attached hydrogens (tertiary/aromatic N) is 1. The molecule has 6 nitrogen and oxygen atoms in total. The first-order valence-corrected chi connectivity index (χ1v) is 10.1. The summed E-state index contributed by atoms with van der Waals surface area (Å²) in [6, 6.07) is 5.32. The van der Waals surface area contributed by atoms with Gasteiger partial charge in [0.2, 0.25) is 10.0 Å². The van der Waals surface area contributed by atoms with Crippen LogP contribution in [0.15, 0.2) is 28.5 Å². The number of aromatic nitrogens is 1. The van der Waals surface area contributed by atoms with Gasteiger partial charge in [0.05, 0.1) is 22.0 Å². The van der Waals surface area contributed by atoms with Gasteiger partial charge in [-0.3, -0.25) is 4.79 Å². The van der Waals surface area contributed by atoms with Crippen molar-refractivity contribution in [2.24, 2.45) is 0 Å². The highest BCUT2D eigenvalue weighted by atomic mass is 32.2. The molecule has 1 aromatic heterocycles. The molecular formula is C16H18N2O4S2. The van der Waals surface area contributed by atoms with Crippen molar-refractivity contribution >= 4 is 27.3 Å². The van der Waals surface area contributed by atoms with Gasteiger partial charge < -0.3 is 5.11 Å². The van der Waals surface area contributed by atoms with Gasteiger partial charge in [0, 0.05) is 18.3 Å². The molecule has 0 spiro atoms. The Balaban J connectivity index is 1.59. The van der Waals surface area contributed by atoms with Crippen LogP contribution in [0, 0.1) is 0 Å². The van der Waals surface area contributed by atoms with Gasteiger partial charge in [0.15, 0.2) is 0 Å². The molecular weight excluding hydrogens is 348 g/mol. The normalized spacial score (nSPS) is 13.8. The third-order valence-electron chi connectivity index (χ3n) is 3.94. The zero-order valence-corrected chi connectivity index (χ0v) is 14.6. The fourth-order valence-electron chi connectivity index (χ4n) is 2.79. The molecule has 0 bridgehead atoms. The van der Waals surface area contributed by atoms with Crippen LogP contribution in [0.4, 0.5) is 0 Å². The minimum Gasteiger partial charge on any atom is -0.481 e. The van der Waals surface area contributed by atoms with Crippen LogP contribution >= 0.6 is 11.3 Å². The van der Waals surface area contributed by atoms with E-state index in [0.717, 1.165) is 29.8 Å². The SMILES string of the molecule is O=C(O)Cc1csc(CCNS(=O)(=O)c2ccc3c(c2)CCC3)n1. The molecule has 0 unspecified atom stereocenters. The standard InChI is InChI=1S/C16H18N2O4S2/c19-16(20)9-13-10-23-15(18-13)6-7-17-24(21,22)14-5-4-11-2-1-3-12(11)8-14/h4-5,8,10,17H,1-3,6-7,9H2,(H,19,20). The molecule has 0 saturated heterocycles. The van der Waals surface area contributed by atoms with E-state index in [1.54, 1.807) is 17.5 Å². The van der Waals surface area contributed by atoms with E-state index in [4.69, 9.17) is 5.11 Å². The van der Waals surface area contributed by atoms with Gasteiger partial charge in [0.1, 0.15) is 0 Å². The molecule has 0 amide bonds. The summed E-state index contributed by atoms with van der Waals surface area (Å²) in [4.78, 5) is 15.1. The second kappa shape index (κ2) is 7.00. The minimum absolute atomic E-state index is 0.114. The Kier molecular flexibility index (Phi) is 4.98. The topological polar surface area (TPSA) is 96.4 Å². The van der Waals surface area contributed by atoms with Crippen LogP contribution in [0.3, 0.4) is 0 Å². The number of nitrogens with one attached hydrogen (secondary N) is 1. The van der Waals surface area contributed by atoms with Gasteiger partial charge in [-0.05, 0) is 42.5 Å². The molecule has 1 aliphatic rings. The second-order valence-corrected chi connectivity index (χ2v) is 8.44. The molecule has 1 heterocycles. The maximum absolute atomic E-state index is 12.4. The molecule has 2 N–H and O–H groups in total. The summed E-state index contributed by atoms with van der Waals surface area (Å²) < 4.78 is 27.3. The Bertz CT molecular complexity index is 859. The van der Waals surface area contributed by atoms with Crippen LogP contribution in [0.1, 0.15) is 28.2 Å². The second-order valence-electron chi connectivity index (χ2n) is 5.73. The van der Waals surface area contributed by atoms with Gasteiger partial charge >= 0.3 is 5.97 Å². The third kappa shape index (κ3) is 4.00. The molecule has 0 aliphatic heterocycles. The lowest BCUT2D eigenvalue weighted by Gasteiger charge is -2.08. The van der Waals surface area contributed by atoms with Crippen molar-refractivity contribution in [1.29, 1.82) is 0 Å². The highest BCUT2D eigenvalue weighted by Crippen LogP contribution is 2.24. The lowest BCUT2D eigenvalue weighted by Crippen LogP contribution is -2.26. The number of rotatable bonds is 7. The number of hydrogen-bond acceptors (Lipinski definition) is 5. The molecule has 0 atom stereocenters. The first kappa shape index (κ1) is 17.1. The summed E-state index contributed by atoms with van der Waals surface area (Å²) in [5.74, 6) is -0.927. The monoisotopic (exact) mass is 366 g/mol. The number of aliphatic carboxylic acids is 1. The van der Waals surface area contributed by atoms with Crippen molar-refractivity contribution in [3.63, 3.8) is 0 Å². The lowest BCUT2D eigenvalue weighted by atomic mass is 10.1. The molecule has 1 aromatic carbocycles. The number of sulfonamides is 1. The number of carboxylic acid groups (broad SMARTS) is 1. The van der Waals surface area contributed by atoms with Gasteiger partial charge in [-0.25, -0.2) is 18.1 Å². The van der Waals surface area contributed by atoms with Crippen molar-refractivity contribution in [2.45, 2.75) is 37.0 Å². The Morgan fingerprint density at radius 1 is 1.29 bits per heavy atom. The zero-order valence-electron chi connectivity index (χ0n) is 13.0. The largest absolute Gasteiger partial charge is 0.481 e. The Morgan fingerprint density at radius 3 is 2.88 bits per heavy atom. The highest BCUT2D eigenvalue weighted by molar-refractivity contribution is 7.89. The van der Waals surface area contributed by atoms with Crippen LogP contribution in [-0.4, -0.2) is 31.0 Å². The quantitative estimate of drug-likeness (QED) is 0.779. The predicted octanol–water partition coefficient (Wildman–Crippen LogP) is 1.78. The number of thiazole rings is 1. The van der Waals surface area contributed by atoms with Gasteiger partial charge in [-0.15, -0.1) is 11.3 Å². The summed E-state index contributed by atoms with van der Waals surface area (Å²) in [7, 11) is -3.53. The van der Waals surface area contributed by atoms with Crippen LogP contribution in [0.5, 0.6) is 0 Å². The van der Waals surface area contributed by atoms with E-state index in [2.05, 4.69) is 9.71 Å². The van der Waals surface area contributed by atoms with Gasteiger partial charge in [-0.1, -0.05) is 6.07 Å². The summed E-state index contributed by atoms with van der Waals surface area (Å²) in [6.07, 6.45) is 3.36. The number of hydrogen-bond donors (Lipinski definition) is 2. The van der Waals surface area contributed by atoms with E-state index < -0.39 is 16.0 Å². The molecule has 0 saturated carbocycles. The van der Waals surface area contributed by atoms with Crippen molar-refractivity contribution in [1.82, 2.24) is 9.71 Å². The van der Waals surface area contributed by atoms with Crippen LogP contribution in [-0.2, 0) is 40.5 Å². The molecule has 2 aromatic rings. The lowest BCUT2D eigenvalue weighted by molar-refractivity contribution is -0.136. The van der Waals surface area contributed by atoms with Crippen LogP contribution in [0.2, 0.25) is 0 Å². The van der Waals surface area contributed by atoms with E-state index in [0.29, 0.717) is 17.0 Å². The molecule has 128 valence electrons. The first-order valence-electron chi connectivity index (χ1n) is 7.70. The number of fused-ring (bicyclic) bond motifs is 1. The van der Waals surface area contributed by atoms with E-state index in [1.165, 1.54) is 16.9 Å². The summed E-state index contributed by atoms with van der Waals surface area (Å²) >= 11 is 1.34. The van der Waals surface area contributed by atoms with E-state index >= 15 is 0 Å². The third-order valence-corrected chi connectivity index (χ3v) is 6.36. The summed E-state index contributed by atoms with van der Waals surface area (Å²) in [6.45, 7) is 0.236. The fraction of sp³-hybridized carbons (Fsp3) is 0.375. The Labute approximate surface area is 144 Å². The maximum atomic E-state index is 12.4. The molecule has 8 heteroatoms. The highest BCUT2D eigenvalue weighted by Gasteiger charge is 2.18. The number of benzene rings is 1. The fourth-order valence-corrected chi connectivity index (χ4v) is 4.67. The number of carboxylic acids is 1. The van der Waals surface area contributed by atoms with Crippen molar-refractivity contribution in [2.75, 3.05) is 6.54 Å². The zero-order chi connectivity index (χ0) is 17.2. The summed E-state index contributed by atoms with van der Waals surface area (Å²) in [5, 5.41) is 11.1. The van der Waals surface area contributed by atoms with E-state index in [9.17, 15) is 13.2 Å². The average Bonchev–Trinajstić information content (AvgIpc) is 3.14. The van der Waals surface area contributed by atoms with Crippen LogP contribution < -0.4 is 4.72 Å².